The van der Waals surface area contributed by atoms with E-state index in [0.717, 1.165) is 50.4 Å². The van der Waals surface area contributed by atoms with Crippen LogP contribution >= 0.6 is 11.8 Å². The van der Waals surface area contributed by atoms with Crippen molar-refractivity contribution in [3.8, 4) is 0 Å². The average molecular weight is 741 g/mol. The van der Waals surface area contributed by atoms with E-state index in [2.05, 4.69) is 62.7 Å². The summed E-state index contributed by atoms with van der Waals surface area (Å²) in [5.74, 6) is 4.46. The minimum absolute atomic E-state index is 0. The number of hydrogen-bond acceptors (Lipinski definition) is 3. The minimum Gasteiger partial charge on any atom is -0.769 e. The molecule has 0 N–H and O–H groups in total. The molecular formula is C34H47IrN3OS-4. The quantitative estimate of drug-likeness (QED) is 0.266. The van der Waals surface area contributed by atoms with Gasteiger partial charge in [0.05, 0.1) is 0 Å². The van der Waals surface area contributed by atoms with Crippen LogP contribution in [0.4, 0.5) is 0 Å². The summed E-state index contributed by atoms with van der Waals surface area (Å²) in [6.45, 7) is 8.88. The Kier molecular flexibility index (Phi) is 8.76. The molecule has 6 heteroatoms. The fourth-order valence-corrected chi connectivity index (χ4v) is 8.63. The predicted octanol–water partition coefficient (Wildman–Crippen LogP) is 8.94. The van der Waals surface area contributed by atoms with Crippen molar-refractivity contribution in [2.75, 3.05) is 13.1 Å². The van der Waals surface area contributed by atoms with Crippen molar-refractivity contribution in [1.82, 2.24) is 0 Å². The molecule has 4 nitrogen and oxygen atoms in total. The van der Waals surface area contributed by atoms with E-state index in [4.69, 9.17) is 14.2 Å². The smallest absolute Gasteiger partial charge is 0.171 e. The number of rotatable bonds is 2. The van der Waals surface area contributed by atoms with Crippen molar-refractivity contribution in [3.05, 3.63) is 62.8 Å². The van der Waals surface area contributed by atoms with Gasteiger partial charge >= 0.3 is 0 Å². The van der Waals surface area contributed by atoms with E-state index in [9.17, 15) is 0 Å². The first-order valence-electron chi connectivity index (χ1n) is 16.9. The van der Waals surface area contributed by atoms with E-state index >= 15 is 0 Å². The molecule has 2 aliphatic carbocycles. The van der Waals surface area contributed by atoms with Gasteiger partial charge in [-0.3, -0.25) is 11.1 Å². The average Bonchev–Trinajstić information content (AvgIpc) is 3.54. The topological polar surface area (TPSA) is 49.8 Å². The number of thioether (sulfide) groups is 1. The molecule has 0 aromatic rings. The van der Waals surface area contributed by atoms with Crippen LogP contribution in [0.3, 0.4) is 0 Å². The van der Waals surface area contributed by atoms with Crippen molar-refractivity contribution in [1.29, 1.82) is 0 Å². The van der Waals surface area contributed by atoms with Crippen LogP contribution in [-0.2, 0) is 24.8 Å². The molecule has 0 bridgehead atoms. The van der Waals surface area contributed by atoms with Crippen LogP contribution in [0.1, 0.15) is 90.0 Å². The fraction of sp³-hybridized carbons (Fsp3) is 0.706. The zero-order chi connectivity index (χ0) is 29.6. The number of nitrogens with zero attached hydrogens (tertiary/aromatic N) is 3. The third kappa shape index (κ3) is 6.36. The number of allylic oxidation sites excluding steroid dienone is 4. The number of fused-ring (bicyclic) bond motifs is 4. The SMILES string of the molecule is C[C@H]1C[C-]=C(C2=C[C@H](C)[C@H](C)C[N-]2)CC1.[2H]C([2H])([2H])C1=NC2OC3=C([C@@H]4[N-]CC=C5S[C@H](C)CC54)[CH-]CCC3C2CC1.[Ir]. The molecule has 2 fully saturated rings. The third-order valence-corrected chi connectivity index (χ3v) is 11.2. The molecule has 9 atom stereocenters. The largest absolute Gasteiger partial charge is 0.769 e. The van der Waals surface area contributed by atoms with Crippen molar-refractivity contribution >= 4 is 17.5 Å². The van der Waals surface area contributed by atoms with Crippen molar-refractivity contribution in [2.24, 2.45) is 40.5 Å². The van der Waals surface area contributed by atoms with E-state index in [1.165, 1.54) is 41.0 Å². The standard InChI is InChI=1S/C20H26N2OS.C14H21N.Ir/c1-11-6-7-14-13-4-3-5-15(19(13)23-20(14)22-11)18-16-10-12(2)24-17(16)8-9-21-18;1-10-4-6-13(7-5-10)14-8-11(2)12(3)9-15-14;/h5,8,12-14,16,18,20H,3-4,6-7,9-10H2,1-2H3;8,10-12H,4-6,9H2,1-3H3;/q2*-2;/t12-,13?,14?,16?,18+,20?;10-,11+,12-;/m11./s1/i1D3;;. The summed E-state index contributed by atoms with van der Waals surface area (Å²) in [5.41, 5.74) is 4.23. The van der Waals surface area contributed by atoms with Gasteiger partial charge in [-0.1, -0.05) is 64.9 Å². The molecular weight excluding hydrogens is 691 g/mol. The number of aliphatic imine (C=N–C) groups is 1. The van der Waals surface area contributed by atoms with Gasteiger partial charge in [0, 0.05) is 41.1 Å². The van der Waals surface area contributed by atoms with Crippen LogP contribution in [0.2, 0.25) is 0 Å². The first kappa shape index (κ1) is 26.7. The maximum atomic E-state index is 7.69. The maximum Gasteiger partial charge on any atom is 0.171 e. The summed E-state index contributed by atoms with van der Waals surface area (Å²) in [6, 6.07) is 0.200. The molecule has 0 amide bonds. The number of hydrogen-bond donors (Lipinski definition) is 0. The van der Waals surface area contributed by atoms with E-state index in [1.54, 1.807) is 0 Å². The fourth-order valence-electron chi connectivity index (χ4n) is 7.29. The second-order valence-corrected chi connectivity index (χ2v) is 14.4. The molecule has 1 radical (unpaired) electrons. The summed E-state index contributed by atoms with van der Waals surface area (Å²) in [7, 11) is 0. The molecule has 2 saturated heterocycles. The Morgan fingerprint density at radius 1 is 1.15 bits per heavy atom. The Bertz CT molecular complexity index is 1190. The molecule has 0 aromatic carbocycles. The molecule has 7 rings (SSSR count). The summed E-state index contributed by atoms with van der Waals surface area (Å²) < 4.78 is 29.4. The van der Waals surface area contributed by atoms with Gasteiger partial charge in [-0.2, -0.15) is 11.6 Å². The molecule has 223 valence electrons. The Morgan fingerprint density at radius 2 is 2.02 bits per heavy atom. The summed E-state index contributed by atoms with van der Waals surface area (Å²) in [6.07, 6.45) is 18.5. The summed E-state index contributed by atoms with van der Waals surface area (Å²) >= 11 is 2.01. The van der Waals surface area contributed by atoms with E-state index in [1.807, 2.05) is 11.8 Å². The van der Waals surface area contributed by atoms with Gasteiger partial charge in [-0.05, 0) is 54.5 Å². The minimum atomic E-state index is -2.10. The molecule has 40 heavy (non-hydrogen) atoms. The van der Waals surface area contributed by atoms with Gasteiger partial charge in [0.1, 0.15) is 0 Å². The normalized spacial score (nSPS) is 41.5. The van der Waals surface area contributed by atoms with Crippen molar-refractivity contribution < 1.29 is 29.0 Å². The third-order valence-electron chi connectivity index (χ3n) is 9.90. The molecule has 0 spiro atoms. The van der Waals surface area contributed by atoms with Gasteiger partial charge in [-0.15, -0.1) is 43.7 Å². The Morgan fingerprint density at radius 3 is 2.80 bits per heavy atom. The van der Waals surface area contributed by atoms with Crippen LogP contribution in [0.5, 0.6) is 0 Å². The molecule has 5 aliphatic heterocycles. The zero-order valence-corrected chi connectivity index (χ0v) is 27.7. The van der Waals surface area contributed by atoms with Gasteiger partial charge in [-0.25, -0.2) is 12.0 Å². The Balaban J connectivity index is 0.000000197. The van der Waals surface area contributed by atoms with Gasteiger partial charge < -0.3 is 21.1 Å². The predicted molar refractivity (Wildman–Crippen MR) is 164 cm³/mol. The summed E-state index contributed by atoms with van der Waals surface area (Å²) in [4.78, 5) is 6.04. The Hall–Kier alpha value is -0.941. The van der Waals surface area contributed by atoms with Crippen LogP contribution in [0, 0.1) is 48.0 Å². The van der Waals surface area contributed by atoms with Crippen LogP contribution in [0.15, 0.2) is 44.7 Å². The van der Waals surface area contributed by atoms with E-state index in [0.29, 0.717) is 47.0 Å². The zero-order valence-electron chi connectivity index (χ0n) is 27.5. The molecule has 7 aliphatic rings. The second-order valence-electron chi connectivity index (χ2n) is 12.9. The molecule has 0 saturated carbocycles. The maximum absolute atomic E-state index is 7.69. The van der Waals surface area contributed by atoms with Gasteiger partial charge in [0.25, 0.3) is 0 Å². The first-order chi connectivity index (χ1) is 20.1. The van der Waals surface area contributed by atoms with Crippen LogP contribution in [0.25, 0.3) is 10.6 Å². The molecule has 0 aromatic heterocycles. The monoisotopic (exact) mass is 741 g/mol. The van der Waals surface area contributed by atoms with Crippen molar-refractivity contribution in [2.45, 2.75) is 103 Å². The summed E-state index contributed by atoms with van der Waals surface area (Å²) in [5, 5.41) is 10.3. The number of ether oxygens (including phenoxy) is 1. The molecule has 5 heterocycles. The second kappa shape index (κ2) is 13.1. The Labute approximate surface area is 265 Å². The van der Waals surface area contributed by atoms with Crippen molar-refractivity contribution in [3.63, 3.8) is 0 Å². The first-order valence-corrected chi connectivity index (χ1v) is 16.3. The molecule has 4 unspecified atom stereocenters. The van der Waals surface area contributed by atoms with Gasteiger partial charge in [0.2, 0.25) is 0 Å². The van der Waals surface area contributed by atoms with E-state index in [-0.39, 0.29) is 32.4 Å². The van der Waals surface area contributed by atoms with Crippen LogP contribution in [-0.4, -0.2) is 36.3 Å². The van der Waals surface area contributed by atoms with Gasteiger partial charge in [0.15, 0.2) is 6.23 Å². The van der Waals surface area contributed by atoms with Crippen LogP contribution < -0.4 is 0 Å². The van der Waals surface area contributed by atoms with E-state index < -0.39 is 6.85 Å².